The summed E-state index contributed by atoms with van der Waals surface area (Å²) in [6, 6.07) is -1.83. The first kappa shape index (κ1) is 21.6. The van der Waals surface area contributed by atoms with Gasteiger partial charge in [-0.1, -0.05) is 108 Å². The van der Waals surface area contributed by atoms with Crippen molar-refractivity contribution in [2.75, 3.05) is 0 Å². The molecule has 0 unspecified atom stereocenters. The van der Waals surface area contributed by atoms with Gasteiger partial charge in [0.2, 0.25) is 0 Å². The number of hydrogen-bond acceptors (Lipinski definition) is 2. The molecule has 1 aliphatic rings. The molecule has 33 heavy (non-hydrogen) atoms. The Bertz CT molecular complexity index is 1050. The molecule has 0 amide bonds. The molecule has 2 nitrogen and oxygen atoms in total. The third kappa shape index (κ3) is 8.72. The highest BCUT2D eigenvalue weighted by Gasteiger charge is 2.28. The fourth-order valence-electron chi connectivity index (χ4n) is 4.63. The molecule has 0 saturated carbocycles. The highest BCUT2D eigenvalue weighted by molar-refractivity contribution is 6.26. The average Bonchev–Trinajstić information content (AvgIpc) is 2.83. The topological polar surface area (TPSA) is 34.1 Å². The average molecular weight is 455 g/mol. The van der Waals surface area contributed by atoms with E-state index in [1.54, 1.807) is 6.92 Å². The number of rotatable bonds is 14. The lowest BCUT2D eigenvalue weighted by molar-refractivity contribution is 0.0973. The van der Waals surface area contributed by atoms with E-state index in [0.717, 1.165) is 24.7 Å². The summed E-state index contributed by atoms with van der Waals surface area (Å²) in [5.41, 5.74) is 1.39. The number of benzene rings is 1. The number of carbonyl (C=O) groups is 2. The van der Waals surface area contributed by atoms with Crippen LogP contribution in [0.4, 0.5) is 0 Å². The zero-order valence-corrected chi connectivity index (χ0v) is 21.7. The van der Waals surface area contributed by atoms with E-state index < -0.39 is 35.7 Å². The summed E-state index contributed by atoms with van der Waals surface area (Å²) in [7, 11) is 0. The van der Waals surface area contributed by atoms with Gasteiger partial charge in [0, 0.05) is 22.3 Å². The van der Waals surface area contributed by atoms with Crippen molar-refractivity contribution < 1.29 is 15.1 Å². The van der Waals surface area contributed by atoms with Gasteiger partial charge in [-0.25, -0.2) is 0 Å². The predicted molar refractivity (Wildman–Crippen MR) is 141 cm³/mol. The van der Waals surface area contributed by atoms with Gasteiger partial charge in [0.25, 0.3) is 0 Å². The molecule has 0 aromatic heterocycles. The predicted octanol–water partition coefficient (Wildman–Crippen LogP) is 9.16. The Balaban J connectivity index is 1.86. The van der Waals surface area contributed by atoms with Gasteiger partial charge >= 0.3 is 0 Å². The van der Waals surface area contributed by atoms with E-state index in [1.807, 2.05) is 6.08 Å². The number of fused-ring (bicyclic) bond motifs is 1. The molecular weight excluding hydrogens is 404 g/mol. The van der Waals surface area contributed by atoms with Crippen LogP contribution in [0.1, 0.15) is 132 Å². The molecule has 182 valence electrons. The van der Waals surface area contributed by atoms with E-state index in [2.05, 4.69) is 34.6 Å². The monoisotopic (exact) mass is 454 g/mol. The molecule has 0 aliphatic heterocycles. The Kier molecular flexibility index (Phi) is 8.94. The summed E-state index contributed by atoms with van der Waals surface area (Å²) >= 11 is 0. The molecule has 2 heteroatoms. The van der Waals surface area contributed by atoms with Gasteiger partial charge in [-0.3, -0.25) is 9.59 Å². The number of carbonyl (C=O) groups excluding carboxylic acids is 2. The number of hydrogen-bond donors (Lipinski definition) is 0. The molecule has 1 aromatic carbocycles. The van der Waals surface area contributed by atoms with E-state index in [1.165, 1.54) is 50.5 Å². The van der Waals surface area contributed by atoms with Crippen LogP contribution in [0.15, 0.2) is 47.0 Å². The molecule has 2 atom stereocenters. The van der Waals surface area contributed by atoms with Crippen molar-refractivity contribution in [3.63, 3.8) is 0 Å². The summed E-state index contributed by atoms with van der Waals surface area (Å²) in [5, 5.41) is 0. The van der Waals surface area contributed by atoms with Gasteiger partial charge in [-0.05, 0) is 50.9 Å². The van der Waals surface area contributed by atoms with Crippen LogP contribution in [0, 0.1) is 17.8 Å². The number of ketones is 2. The van der Waals surface area contributed by atoms with Crippen molar-refractivity contribution in [1.82, 2.24) is 0 Å². The lowest BCUT2D eigenvalue weighted by Gasteiger charge is -2.18. The van der Waals surface area contributed by atoms with Gasteiger partial charge < -0.3 is 0 Å². The van der Waals surface area contributed by atoms with Crippen molar-refractivity contribution in [2.24, 2.45) is 17.8 Å². The van der Waals surface area contributed by atoms with Crippen LogP contribution in [-0.4, -0.2) is 11.6 Å². The SMILES string of the molecule is [2H]c1c([2H])c([2H])c2c(c1[2H])C(=O)C(C)=C(C/C=C(\C)CCC[C@H](C)CCC[C@H](C)CCCC(C)C)C2=O. The van der Waals surface area contributed by atoms with Crippen LogP contribution >= 0.6 is 0 Å². The van der Waals surface area contributed by atoms with Gasteiger partial charge in [0.1, 0.15) is 0 Å². The molecule has 1 aromatic rings. The van der Waals surface area contributed by atoms with Crippen LogP contribution in [0.3, 0.4) is 0 Å². The largest absolute Gasteiger partial charge is 0.289 e. The second-order valence-electron chi connectivity index (χ2n) is 10.6. The van der Waals surface area contributed by atoms with Crippen LogP contribution in [0.25, 0.3) is 0 Å². The van der Waals surface area contributed by atoms with E-state index >= 15 is 0 Å². The minimum absolute atomic E-state index is 0.189. The maximum absolute atomic E-state index is 13.2. The van der Waals surface area contributed by atoms with Crippen molar-refractivity contribution in [3.8, 4) is 0 Å². The van der Waals surface area contributed by atoms with Gasteiger partial charge in [0.15, 0.2) is 11.6 Å². The van der Waals surface area contributed by atoms with Crippen LogP contribution in [-0.2, 0) is 0 Å². The molecule has 1 aliphatic carbocycles. The van der Waals surface area contributed by atoms with E-state index in [9.17, 15) is 9.59 Å². The Morgan fingerprint density at radius 1 is 0.848 bits per heavy atom. The zero-order valence-electron chi connectivity index (χ0n) is 25.7. The molecule has 0 radical (unpaired) electrons. The highest BCUT2D eigenvalue weighted by Crippen LogP contribution is 2.29. The lowest BCUT2D eigenvalue weighted by Crippen LogP contribution is -2.20. The Hall–Kier alpha value is -1.96. The molecular formula is C31H46O2. The minimum atomic E-state index is -0.484. The molecule has 2 rings (SSSR count). The Morgan fingerprint density at radius 3 is 1.94 bits per heavy atom. The molecule has 0 heterocycles. The van der Waals surface area contributed by atoms with Crippen molar-refractivity contribution in [2.45, 2.75) is 106 Å². The van der Waals surface area contributed by atoms with Gasteiger partial charge in [0.05, 0.1) is 5.48 Å². The lowest BCUT2D eigenvalue weighted by atomic mass is 9.83. The number of Topliss-reactive ketones (excluding diaryl/α,β-unsaturated/α-hetero) is 2. The number of allylic oxidation sites excluding steroid dienone is 4. The molecule has 0 N–H and O–H groups in total. The second kappa shape index (κ2) is 13.7. The second-order valence-corrected chi connectivity index (χ2v) is 10.6. The quantitative estimate of drug-likeness (QED) is 0.263. The fourth-order valence-corrected chi connectivity index (χ4v) is 4.63. The van der Waals surface area contributed by atoms with Crippen molar-refractivity contribution >= 4 is 11.6 Å². The van der Waals surface area contributed by atoms with Crippen molar-refractivity contribution in [3.05, 3.63) is 58.1 Å². The van der Waals surface area contributed by atoms with E-state index in [-0.39, 0.29) is 16.7 Å². The van der Waals surface area contributed by atoms with Crippen LogP contribution in [0.5, 0.6) is 0 Å². The summed E-state index contributed by atoms with van der Waals surface area (Å²) in [5.74, 6) is 1.37. The molecule has 0 saturated heterocycles. The molecule has 0 bridgehead atoms. The highest BCUT2D eigenvalue weighted by atomic mass is 16.1. The fraction of sp³-hybridized carbons (Fsp3) is 0.613. The minimum Gasteiger partial charge on any atom is -0.289 e. The zero-order chi connectivity index (χ0) is 27.9. The first-order chi connectivity index (χ1) is 17.4. The summed E-state index contributed by atoms with van der Waals surface area (Å²) < 4.78 is 32.0. The maximum atomic E-state index is 13.2. The summed E-state index contributed by atoms with van der Waals surface area (Å²) in [4.78, 5) is 26.1. The first-order valence-corrected chi connectivity index (χ1v) is 12.9. The first-order valence-electron chi connectivity index (χ1n) is 14.9. The molecule has 0 spiro atoms. The third-order valence-corrected chi connectivity index (χ3v) is 7.00. The van der Waals surface area contributed by atoms with Gasteiger partial charge in [-0.15, -0.1) is 0 Å². The van der Waals surface area contributed by atoms with Crippen molar-refractivity contribution in [1.29, 1.82) is 0 Å². The third-order valence-electron chi connectivity index (χ3n) is 7.00. The van der Waals surface area contributed by atoms with E-state index in [0.29, 0.717) is 17.9 Å². The Morgan fingerprint density at radius 2 is 1.36 bits per heavy atom. The van der Waals surface area contributed by atoms with Crippen LogP contribution < -0.4 is 0 Å². The maximum Gasteiger partial charge on any atom is 0.190 e. The van der Waals surface area contributed by atoms with Crippen LogP contribution in [0.2, 0.25) is 0 Å². The standard InChI is InChI=1S/C31H46O2/c1-22(2)12-9-13-23(3)14-10-15-24(4)16-11-17-25(5)20-21-27-26(6)30(32)28-18-7-8-19-29(28)31(27)33/h7-8,18-20,22-24H,9-17,21H2,1-6H3/b25-20+/t23-,24-/m1/s1/i7D,8D,18D,19D. The Labute approximate surface area is 208 Å². The van der Waals surface area contributed by atoms with Gasteiger partial charge in [-0.2, -0.15) is 0 Å². The smallest absolute Gasteiger partial charge is 0.190 e. The van der Waals surface area contributed by atoms with E-state index in [4.69, 9.17) is 5.48 Å². The molecule has 0 fully saturated rings. The summed E-state index contributed by atoms with van der Waals surface area (Å²) in [6.45, 7) is 12.9. The normalized spacial score (nSPS) is 18.1. The summed E-state index contributed by atoms with van der Waals surface area (Å²) in [6.07, 6.45) is 13.4.